The minimum atomic E-state index is -0.129. The van der Waals surface area contributed by atoms with Gasteiger partial charge in [-0.3, -0.25) is 4.98 Å². The van der Waals surface area contributed by atoms with E-state index in [-0.39, 0.29) is 5.92 Å². The van der Waals surface area contributed by atoms with Crippen LogP contribution in [0.2, 0.25) is 0 Å². The Labute approximate surface area is 132 Å². The summed E-state index contributed by atoms with van der Waals surface area (Å²) < 4.78 is 0.701. The standard InChI is InChI=1S/C15H14BrN5/c1-9(5-17)8-21(3)15-11(6-18)7-19-14-10(2)20-13(16)4-12(14)15/h4,7,9H,8H2,1-3H3/t9-/m1/s1. The molecule has 0 saturated heterocycles. The van der Waals surface area contributed by atoms with Crippen LogP contribution in [-0.4, -0.2) is 23.6 Å². The van der Waals surface area contributed by atoms with Crippen molar-refractivity contribution in [2.24, 2.45) is 5.92 Å². The van der Waals surface area contributed by atoms with Crippen molar-refractivity contribution in [1.82, 2.24) is 9.97 Å². The second-order valence-electron chi connectivity index (χ2n) is 4.97. The quantitative estimate of drug-likeness (QED) is 0.800. The number of rotatable bonds is 3. The summed E-state index contributed by atoms with van der Waals surface area (Å²) in [6.45, 7) is 4.28. The number of halogens is 1. The Balaban J connectivity index is 2.70. The maximum atomic E-state index is 9.35. The van der Waals surface area contributed by atoms with Gasteiger partial charge in [-0.1, -0.05) is 0 Å². The van der Waals surface area contributed by atoms with E-state index in [1.807, 2.05) is 31.9 Å². The van der Waals surface area contributed by atoms with Crippen molar-refractivity contribution in [3.05, 3.63) is 28.1 Å². The lowest BCUT2D eigenvalue weighted by Gasteiger charge is -2.23. The van der Waals surface area contributed by atoms with Crippen LogP contribution in [0, 0.1) is 35.5 Å². The summed E-state index contributed by atoms with van der Waals surface area (Å²) in [5.41, 5.74) is 2.85. The topological polar surface area (TPSA) is 76.6 Å². The summed E-state index contributed by atoms with van der Waals surface area (Å²) in [6.07, 6.45) is 1.56. The molecule has 0 spiro atoms. The van der Waals surface area contributed by atoms with Crippen molar-refractivity contribution in [2.75, 3.05) is 18.5 Å². The van der Waals surface area contributed by atoms with Crippen molar-refractivity contribution >= 4 is 32.5 Å². The molecule has 0 aliphatic carbocycles. The van der Waals surface area contributed by atoms with E-state index in [0.29, 0.717) is 16.7 Å². The van der Waals surface area contributed by atoms with Gasteiger partial charge in [0.2, 0.25) is 0 Å². The molecule has 0 aliphatic rings. The summed E-state index contributed by atoms with van der Waals surface area (Å²) in [4.78, 5) is 10.6. The number of pyridine rings is 2. The Morgan fingerprint density at radius 1 is 1.43 bits per heavy atom. The molecule has 2 aromatic rings. The normalized spacial score (nSPS) is 11.7. The van der Waals surface area contributed by atoms with Crippen LogP contribution < -0.4 is 4.90 Å². The first-order valence-electron chi connectivity index (χ1n) is 6.44. The molecule has 106 valence electrons. The van der Waals surface area contributed by atoms with E-state index in [1.165, 1.54) is 0 Å². The van der Waals surface area contributed by atoms with Crippen molar-refractivity contribution in [1.29, 1.82) is 10.5 Å². The van der Waals surface area contributed by atoms with Crippen molar-refractivity contribution < 1.29 is 0 Å². The van der Waals surface area contributed by atoms with Gasteiger partial charge in [0, 0.05) is 25.2 Å². The average molecular weight is 344 g/mol. The minimum Gasteiger partial charge on any atom is -0.372 e. The Bertz CT molecular complexity index is 772. The van der Waals surface area contributed by atoms with Gasteiger partial charge in [-0.15, -0.1) is 0 Å². The maximum Gasteiger partial charge on any atom is 0.107 e. The van der Waals surface area contributed by atoms with Crippen LogP contribution in [-0.2, 0) is 0 Å². The fourth-order valence-corrected chi connectivity index (χ4v) is 2.84. The molecule has 0 radical (unpaired) electrons. The van der Waals surface area contributed by atoms with E-state index in [4.69, 9.17) is 5.26 Å². The molecular formula is C15H14BrN5. The lowest BCUT2D eigenvalue weighted by molar-refractivity contribution is 0.717. The van der Waals surface area contributed by atoms with Crippen LogP contribution in [0.1, 0.15) is 18.2 Å². The molecule has 0 aliphatic heterocycles. The molecule has 0 N–H and O–H groups in total. The highest BCUT2D eigenvalue weighted by atomic mass is 79.9. The summed E-state index contributed by atoms with van der Waals surface area (Å²) in [5.74, 6) is -0.129. The van der Waals surface area contributed by atoms with Gasteiger partial charge in [0.15, 0.2) is 0 Å². The first-order chi connectivity index (χ1) is 9.97. The zero-order valence-electron chi connectivity index (χ0n) is 12.1. The Morgan fingerprint density at radius 2 is 2.14 bits per heavy atom. The monoisotopic (exact) mass is 343 g/mol. The van der Waals surface area contributed by atoms with Gasteiger partial charge in [0.25, 0.3) is 0 Å². The number of nitrogens with zero attached hydrogens (tertiary/aromatic N) is 5. The van der Waals surface area contributed by atoms with E-state index >= 15 is 0 Å². The predicted octanol–water partition coefficient (Wildman–Crippen LogP) is 3.17. The molecule has 0 saturated carbocycles. The molecule has 21 heavy (non-hydrogen) atoms. The van der Waals surface area contributed by atoms with E-state index < -0.39 is 0 Å². The molecule has 2 rings (SSSR count). The molecule has 6 heteroatoms. The number of aromatic nitrogens is 2. The Hall–Kier alpha value is -2.18. The third-order valence-electron chi connectivity index (χ3n) is 3.24. The van der Waals surface area contributed by atoms with Crippen LogP contribution in [0.4, 0.5) is 5.69 Å². The van der Waals surface area contributed by atoms with Gasteiger partial charge >= 0.3 is 0 Å². The Morgan fingerprint density at radius 3 is 2.76 bits per heavy atom. The molecule has 1 atom stereocenters. The van der Waals surface area contributed by atoms with Gasteiger partial charge in [0.05, 0.1) is 34.4 Å². The molecule has 5 nitrogen and oxygen atoms in total. The first kappa shape index (κ1) is 15.2. The SMILES string of the molecule is Cc1nc(Br)cc2c(N(C)C[C@H](C)C#N)c(C#N)cnc12. The molecule has 2 heterocycles. The first-order valence-corrected chi connectivity index (χ1v) is 7.24. The van der Waals surface area contributed by atoms with Crippen LogP contribution in [0.15, 0.2) is 16.9 Å². The fourth-order valence-electron chi connectivity index (χ4n) is 2.34. The van der Waals surface area contributed by atoms with Crippen LogP contribution in [0.3, 0.4) is 0 Å². The number of anilines is 1. The van der Waals surface area contributed by atoms with Gasteiger partial charge in [-0.25, -0.2) is 4.98 Å². The minimum absolute atomic E-state index is 0.129. The third kappa shape index (κ3) is 2.96. The van der Waals surface area contributed by atoms with E-state index in [9.17, 15) is 5.26 Å². The van der Waals surface area contributed by atoms with Gasteiger partial charge in [-0.2, -0.15) is 10.5 Å². The molecule has 2 aromatic heterocycles. The second-order valence-corrected chi connectivity index (χ2v) is 5.78. The summed E-state index contributed by atoms with van der Waals surface area (Å²) in [7, 11) is 1.88. The number of aryl methyl sites for hydroxylation is 1. The third-order valence-corrected chi connectivity index (χ3v) is 3.65. The van der Waals surface area contributed by atoms with E-state index in [2.05, 4.69) is 38.0 Å². The van der Waals surface area contributed by atoms with E-state index in [1.54, 1.807) is 6.20 Å². The van der Waals surface area contributed by atoms with Gasteiger partial charge in [0.1, 0.15) is 10.7 Å². The summed E-state index contributed by atoms with van der Waals surface area (Å²) in [5, 5.41) is 19.2. The highest BCUT2D eigenvalue weighted by Crippen LogP contribution is 2.31. The number of nitriles is 2. The zero-order chi connectivity index (χ0) is 15.6. The maximum absolute atomic E-state index is 9.35. The van der Waals surface area contributed by atoms with Crippen LogP contribution in [0.25, 0.3) is 10.9 Å². The predicted molar refractivity (Wildman–Crippen MR) is 84.7 cm³/mol. The highest BCUT2D eigenvalue weighted by Gasteiger charge is 2.17. The molecule has 0 aromatic carbocycles. The smallest absolute Gasteiger partial charge is 0.107 e. The van der Waals surface area contributed by atoms with Gasteiger partial charge < -0.3 is 4.90 Å². The van der Waals surface area contributed by atoms with Crippen LogP contribution >= 0.6 is 15.9 Å². The van der Waals surface area contributed by atoms with Crippen molar-refractivity contribution in [3.63, 3.8) is 0 Å². The Kier molecular flexibility index (Phi) is 4.40. The summed E-state index contributed by atoms with van der Waals surface area (Å²) in [6, 6.07) is 6.25. The summed E-state index contributed by atoms with van der Waals surface area (Å²) >= 11 is 3.38. The fraction of sp³-hybridized carbons (Fsp3) is 0.333. The van der Waals surface area contributed by atoms with Crippen molar-refractivity contribution in [3.8, 4) is 12.1 Å². The zero-order valence-corrected chi connectivity index (χ0v) is 13.6. The molecule has 0 unspecified atom stereocenters. The lowest BCUT2D eigenvalue weighted by atomic mass is 10.1. The number of fused-ring (bicyclic) bond motifs is 1. The number of hydrogen-bond donors (Lipinski definition) is 0. The largest absolute Gasteiger partial charge is 0.372 e. The van der Waals surface area contributed by atoms with Gasteiger partial charge in [-0.05, 0) is 35.8 Å². The second kappa shape index (κ2) is 6.07. The van der Waals surface area contributed by atoms with Crippen molar-refractivity contribution in [2.45, 2.75) is 13.8 Å². The van der Waals surface area contributed by atoms with E-state index in [0.717, 1.165) is 22.3 Å². The molecule has 0 fully saturated rings. The molecular weight excluding hydrogens is 330 g/mol. The molecule has 0 amide bonds. The number of hydrogen-bond acceptors (Lipinski definition) is 5. The lowest BCUT2D eigenvalue weighted by Crippen LogP contribution is -2.24. The molecule has 0 bridgehead atoms. The highest BCUT2D eigenvalue weighted by molar-refractivity contribution is 9.10. The average Bonchev–Trinajstić information content (AvgIpc) is 2.45. The van der Waals surface area contributed by atoms with Crippen LogP contribution in [0.5, 0.6) is 0 Å².